The quantitative estimate of drug-likeness (QED) is 0.835. The van der Waals surface area contributed by atoms with E-state index < -0.39 is 15.4 Å². The minimum atomic E-state index is -3.49. The summed E-state index contributed by atoms with van der Waals surface area (Å²) in [6.07, 6.45) is 1.53. The van der Waals surface area contributed by atoms with E-state index >= 15 is 0 Å². The summed E-state index contributed by atoms with van der Waals surface area (Å²) in [6.45, 7) is 1.50. The zero-order valence-corrected chi connectivity index (χ0v) is 9.41. The number of nitrogens with one attached hydrogen (secondary N) is 1. The Balaban J connectivity index is 2.83. The summed E-state index contributed by atoms with van der Waals surface area (Å²) in [5.74, 6) is -0.0954. The van der Waals surface area contributed by atoms with Gasteiger partial charge in [-0.1, -0.05) is 6.92 Å². The summed E-state index contributed by atoms with van der Waals surface area (Å²) < 4.78 is 23.3. The van der Waals surface area contributed by atoms with Crippen LogP contribution in [0.1, 0.15) is 6.92 Å². The Morgan fingerprint density at radius 1 is 1.44 bits per heavy atom. The number of sulfone groups is 1. The molecule has 0 aliphatic carbocycles. The van der Waals surface area contributed by atoms with Crippen LogP contribution in [0.3, 0.4) is 0 Å². The van der Waals surface area contributed by atoms with Gasteiger partial charge in [-0.15, -0.1) is 0 Å². The fourth-order valence-corrected chi connectivity index (χ4v) is 2.35. The predicted octanol–water partition coefficient (Wildman–Crippen LogP) is 0.717. The Morgan fingerprint density at radius 3 is 2.88 bits per heavy atom. The second-order valence-electron chi connectivity index (χ2n) is 3.31. The molecule has 2 heterocycles. The van der Waals surface area contributed by atoms with Gasteiger partial charge in [0.2, 0.25) is 0 Å². The van der Waals surface area contributed by atoms with Crippen LogP contribution in [0.4, 0.5) is 0 Å². The van der Waals surface area contributed by atoms with Crippen molar-refractivity contribution in [3.8, 4) is 0 Å². The maximum Gasteiger partial charge on any atom is 0.268 e. The van der Waals surface area contributed by atoms with Crippen LogP contribution in [-0.4, -0.2) is 24.1 Å². The molecule has 0 aliphatic heterocycles. The molecule has 0 atom stereocenters. The number of aromatic amines is 1. The van der Waals surface area contributed by atoms with Crippen LogP contribution >= 0.6 is 0 Å². The molecule has 6 heteroatoms. The van der Waals surface area contributed by atoms with E-state index in [1.807, 2.05) is 0 Å². The van der Waals surface area contributed by atoms with E-state index in [9.17, 15) is 13.2 Å². The Labute approximate surface area is 92.1 Å². The molecule has 16 heavy (non-hydrogen) atoms. The highest BCUT2D eigenvalue weighted by Gasteiger charge is 2.16. The average molecular weight is 238 g/mol. The van der Waals surface area contributed by atoms with Gasteiger partial charge in [-0.25, -0.2) is 13.4 Å². The number of rotatable bonds is 2. The molecule has 2 aromatic heterocycles. The maximum atomic E-state index is 11.6. The van der Waals surface area contributed by atoms with Gasteiger partial charge < -0.3 is 4.98 Å². The highest BCUT2D eigenvalue weighted by atomic mass is 32.2. The number of H-pyrrole nitrogens is 1. The van der Waals surface area contributed by atoms with E-state index in [1.54, 1.807) is 12.1 Å². The van der Waals surface area contributed by atoms with Crippen molar-refractivity contribution in [2.45, 2.75) is 11.8 Å². The monoisotopic (exact) mass is 238 g/mol. The Hall–Kier alpha value is -1.69. The van der Waals surface area contributed by atoms with Gasteiger partial charge >= 0.3 is 0 Å². The molecule has 2 rings (SSSR count). The van der Waals surface area contributed by atoms with E-state index in [1.165, 1.54) is 19.2 Å². The zero-order valence-electron chi connectivity index (χ0n) is 8.60. The fourth-order valence-electron chi connectivity index (χ4n) is 1.40. The molecule has 0 saturated carbocycles. The lowest BCUT2D eigenvalue weighted by Crippen LogP contribution is -2.18. The largest absolute Gasteiger partial charge is 0.305 e. The summed E-state index contributed by atoms with van der Waals surface area (Å²) in [4.78, 5) is 17.8. The van der Waals surface area contributed by atoms with Crippen molar-refractivity contribution in [2.75, 3.05) is 5.75 Å². The highest BCUT2D eigenvalue weighted by Crippen LogP contribution is 2.12. The molecule has 0 amide bonds. The lowest BCUT2D eigenvalue weighted by atomic mass is 10.3. The van der Waals surface area contributed by atoms with Gasteiger partial charge in [-0.2, -0.15) is 0 Å². The zero-order chi connectivity index (χ0) is 11.8. The first-order valence-electron chi connectivity index (χ1n) is 4.75. The highest BCUT2D eigenvalue weighted by molar-refractivity contribution is 7.91. The lowest BCUT2D eigenvalue weighted by Gasteiger charge is -2.01. The second kappa shape index (κ2) is 3.71. The molecule has 84 valence electrons. The summed E-state index contributed by atoms with van der Waals surface area (Å²) in [6, 6.07) is 4.75. The van der Waals surface area contributed by atoms with E-state index in [4.69, 9.17) is 0 Å². The van der Waals surface area contributed by atoms with Gasteiger partial charge in [0.05, 0.1) is 5.75 Å². The van der Waals surface area contributed by atoms with Crippen molar-refractivity contribution in [3.63, 3.8) is 0 Å². The SMILES string of the molecule is CCS(=O)(=O)c1cc2cccnc2[nH]c1=O. The van der Waals surface area contributed by atoms with E-state index in [0.29, 0.717) is 11.0 Å². The van der Waals surface area contributed by atoms with Crippen molar-refractivity contribution in [1.82, 2.24) is 9.97 Å². The minimum absolute atomic E-state index is 0.0954. The first-order chi connectivity index (χ1) is 7.54. The van der Waals surface area contributed by atoms with Crippen molar-refractivity contribution in [1.29, 1.82) is 0 Å². The smallest absolute Gasteiger partial charge is 0.268 e. The summed E-state index contributed by atoms with van der Waals surface area (Å²) >= 11 is 0. The number of nitrogens with zero attached hydrogens (tertiary/aromatic N) is 1. The molecule has 2 aromatic rings. The number of pyridine rings is 2. The third-order valence-electron chi connectivity index (χ3n) is 2.30. The van der Waals surface area contributed by atoms with E-state index in [0.717, 1.165) is 0 Å². The van der Waals surface area contributed by atoms with Crippen molar-refractivity contribution in [2.24, 2.45) is 0 Å². The lowest BCUT2D eigenvalue weighted by molar-refractivity contribution is 0.596. The fraction of sp³-hybridized carbons (Fsp3) is 0.200. The van der Waals surface area contributed by atoms with Crippen LogP contribution in [0.25, 0.3) is 11.0 Å². The molecule has 0 bridgehead atoms. The van der Waals surface area contributed by atoms with Crippen LogP contribution in [0.15, 0.2) is 34.1 Å². The number of hydrogen-bond donors (Lipinski definition) is 1. The van der Waals surface area contributed by atoms with Crippen LogP contribution in [0, 0.1) is 0 Å². The maximum absolute atomic E-state index is 11.6. The number of aromatic nitrogens is 2. The molecule has 5 nitrogen and oxygen atoms in total. The molecule has 0 radical (unpaired) electrons. The van der Waals surface area contributed by atoms with Crippen molar-refractivity contribution < 1.29 is 8.42 Å². The predicted molar refractivity (Wildman–Crippen MR) is 60.1 cm³/mol. The molecule has 0 saturated heterocycles. The Bertz CT molecular complexity index is 689. The van der Waals surface area contributed by atoms with Gasteiger partial charge in [-0.05, 0) is 18.2 Å². The molecular formula is C10H10N2O3S. The van der Waals surface area contributed by atoms with Gasteiger partial charge in [0.25, 0.3) is 5.56 Å². The minimum Gasteiger partial charge on any atom is -0.305 e. The molecule has 1 N–H and O–H groups in total. The first-order valence-corrected chi connectivity index (χ1v) is 6.40. The molecule has 0 fully saturated rings. The van der Waals surface area contributed by atoms with Crippen LogP contribution in [-0.2, 0) is 9.84 Å². The van der Waals surface area contributed by atoms with Crippen molar-refractivity contribution in [3.05, 3.63) is 34.7 Å². The van der Waals surface area contributed by atoms with E-state index in [-0.39, 0.29) is 10.6 Å². The van der Waals surface area contributed by atoms with Gasteiger partial charge in [-0.3, -0.25) is 4.79 Å². The first kappa shape index (κ1) is 10.8. The number of fused-ring (bicyclic) bond motifs is 1. The van der Waals surface area contributed by atoms with Gasteiger partial charge in [0.15, 0.2) is 9.84 Å². The Kier molecular flexibility index (Phi) is 2.51. The van der Waals surface area contributed by atoms with Crippen LogP contribution < -0.4 is 5.56 Å². The molecule has 0 aromatic carbocycles. The normalized spacial score (nSPS) is 11.8. The summed E-state index contributed by atoms with van der Waals surface area (Å²) in [7, 11) is -3.49. The standard InChI is InChI=1S/C10H10N2O3S/c1-2-16(14,15)8-6-7-4-3-5-11-9(7)12-10(8)13/h3-6H,2H2,1H3,(H,11,12,13). The van der Waals surface area contributed by atoms with Crippen molar-refractivity contribution >= 4 is 20.9 Å². The van der Waals surface area contributed by atoms with Gasteiger partial charge in [0.1, 0.15) is 10.5 Å². The topological polar surface area (TPSA) is 79.9 Å². The third kappa shape index (κ3) is 1.71. The summed E-state index contributed by atoms with van der Waals surface area (Å²) in [5, 5.41) is 0.606. The summed E-state index contributed by atoms with van der Waals surface area (Å²) in [5.41, 5.74) is -0.226. The van der Waals surface area contributed by atoms with Crippen LogP contribution in [0.2, 0.25) is 0 Å². The molecule has 0 spiro atoms. The Morgan fingerprint density at radius 2 is 2.19 bits per heavy atom. The van der Waals surface area contributed by atoms with Crippen LogP contribution in [0.5, 0.6) is 0 Å². The molecule has 0 aliphatic rings. The third-order valence-corrected chi connectivity index (χ3v) is 4.03. The number of hydrogen-bond acceptors (Lipinski definition) is 4. The van der Waals surface area contributed by atoms with Gasteiger partial charge in [0, 0.05) is 11.6 Å². The van der Waals surface area contributed by atoms with E-state index in [2.05, 4.69) is 9.97 Å². The molecular weight excluding hydrogens is 228 g/mol. The average Bonchev–Trinajstić information content (AvgIpc) is 2.28. The second-order valence-corrected chi connectivity index (χ2v) is 5.55. The molecule has 0 unspecified atom stereocenters.